The normalized spacial score (nSPS) is 28.6. The molecule has 5 rings (SSSR count). The highest BCUT2D eigenvalue weighted by Gasteiger charge is 2.59. The van der Waals surface area contributed by atoms with Gasteiger partial charge in [-0.3, -0.25) is 0 Å². The van der Waals surface area contributed by atoms with Gasteiger partial charge in [-0.1, -0.05) is 37.6 Å². The number of fused-ring (bicyclic) bond motifs is 2. The van der Waals surface area contributed by atoms with E-state index >= 15 is 0 Å². The Morgan fingerprint density at radius 1 is 0.878 bits per heavy atom. The maximum absolute atomic E-state index is 15.0. The molecule has 3 aliphatic rings. The molecule has 41 heavy (non-hydrogen) atoms. The molecule has 0 amide bonds. The molecule has 0 aromatic heterocycles. The average molecular weight is 593 g/mol. The van der Waals surface area contributed by atoms with Crippen molar-refractivity contribution in [2.24, 2.45) is 5.92 Å². The number of rotatable bonds is 8. The zero-order chi connectivity index (χ0) is 29.6. The lowest BCUT2D eigenvalue weighted by atomic mass is 9.77. The van der Waals surface area contributed by atoms with E-state index in [2.05, 4.69) is 4.74 Å². The molecule has 2 heterocycles. The molecule has 2 aliphatic heterocycles. The number of ether oxygens (including phenoxy) is 4. The summed E-state index contributed by atoms with van der Waals surface area (Å²) in [6, 6.07) is 6.33. The first-order valence-electron chi connectivity index (χ1n) is 13.3. The van der Waals surface area contributed by atoms with Crippen molar-refractivity contribution < 1.29 is 54.1 Å². The van der Waals surface area contributed by atoms with Gasteiger partial charge in [0, 0.05) is 16.7 Å². The van der Waals surface area contributed by atoms with Crippen molar-refractivity contribution in [3.8, 4) is 0 Å². The van der Waals surface area contributed by atoms with Crippen molar-refractivity contribution in [2.45, 2.75) is 75.4 Å². The highest BCUT2D eigenvalue weighted by Crippen LogP contribution is 2.49. The van der Waals surface area contributed by atoms with E-state index in [1.165, 1.54) is 24.3 Å². The fourth-order valence-electron chi connectivity index (χ4n) is 5.90. The molecule has 224 valence electrons. The summed E-state index contributed by atoms with van der Waals surface area (Å²) in [5.41, 5.74) is -0.304. The molecule has 0 unspecified atom stereocenters. The Balaban J connectivity index is 1.25. The van der Waals surface area contributed by atoms with Gasteiger partial charge >= 0.3 is 18.4 Å². The van der Waals surface area contributed by atoms with Crippen LogP contribution in [-0.4, -0.2) is 31.3 Å². The summed E-state index contributed by atoms with van der Waals surface area (Å²) in [6.07, 6.45) is -6.75. The summed E-state index contributed by atoms with van der Waals surface area (Å²) in [5, 5.41) is 0. The van der Waals surface area contributed by atoms with Gasteiger partial charge in [-0.05, 0) is 61.8 Å². The van der Waals surface area contributed by atoms with Crippen LogP contribution < -0.4 is 0 Å². The molecule has 0 radical (unpaired) electrons. The number of hydrogen-bond acceptors (Lipinski definition) is 4. The van der Waals surface area contributed by atoms with Gasteiger partial charge in [-0.2, -0.15) is 8.78 Å². The molecule has 2 bridgehead atoms. The fraction of sp³-hybridized carbons (Fsp3) is 0.517. The van der Waals surface area contributed by atoms with Crippen LogP contribution in [0.25, 0.3) is 12.2 Å². The summed E-state index contributed by atoms with van der Waals surface area (Å²) in [5.74, 6) is -6.47. The van der Waals surface area contributed by atoms with Crippen LogP contribution in [0, 0.1) is 23.4 Å². The van der Waals surface area contributed by atoms with Crippen LogP contribution in [0.4, 0.5) is 35.1 Å². The molecule has 0 N–H and O–H groups in total. The van der Waals surface area contributed by atoms with Crippen LogP contribution >= 0.6 is 0 Å². The van der Waals surface area contributed by atoms with Crippen LogP contribution in [0.3, 0.4) is 0 Å². The lowest BCUT2D eigenvalue weighted by Gasteiger charge is -2.33. The molecule has 3 fully saturated rings. The third kappa shape index (κ3) is 6.16. The molecular weight excluding hydrogens is 564 g/mol. The van der Waals surface area contributed by atoms with Gasteiger partial charge in [-0.15, -0.1) is 13.2 Å². The summed E-state index contributed by atoms with van der Waals surface area (Å²) in [7, 11) is 0. The van der Waals surface area contributed by atoms with Crippen molar-refractivity contribution in [2.75, 3.05) is 13.2 Å². The van der Waals surface area contributed by atoms with Gasteiger partial charge in [-0.25, -0.2) is 17.9 Å². The van der Waals surface area contributed by atoms with Crippen molar-refractivity contribution >= 4 is 12.2 Å². The van der Waals surface area contributed by atoms with Gasteiger partial charge in [0.05, 0.1) is 19.1 Å². The first-order valence-corrected chi connectivity index (χ1v) is 13.3. The number of benzene rings is 2. The molecule has 4 nitrogen and oxygen atoms in total. The molecule has 2 aromatic carbocycles. The van der Waals surface area contributed by atoms with Crippen LogP contribution in [0.5, 0.6) is 0 Å². The summed E-state index contributed by atoms with van der Waals surface area (Å²) >= 11 is 0. The van der Waals surface area contributed by atoms with Gasteiger partial charge in [0.15, 0.2) is 0 Å². The highest BCUT2D eigenvalue weighted by atomic mass is 19.4. The Bertz CT molecular complexity index is 1270. The number of halogens is 8. The lowest BCUT2D eigenvalue weighted by Crippen LogP contribution is -2.38. The summed E-state index contributed by atoms with van der Waals surface area (Å²) in [6.45, 7) is 2.67. The first-order chi connectivity index (χ1) is 19.2. The topological polar surface area (TPSA) is 36.9 Å². The molecule has 2 aromatic rings. The molecular formula is C29H28F8O4. The van der Waals surface area contributed by atoms with Crippen molar-refractivity contribution in [3.63, 3.8) is 0 Å². The molecule has 0 spiro atoms. The molecule has 1 saturated carbocycles. The van der Waals surface area contributed by atoms with E-state index in [-0.39, 0.29) is 29.5 Å². The van der Waals surface area contributed by atoms with E-state index in [0.717, 1.165) is 25.0 Å². The predicted molar refractivity (Wildman–Crippen MR) is 131 cm³/mol. The van der Waals surface area contributed by atoms with Crippen molar-refractivity contribution in [3.05, 3.63) is 70.0 Å². The predicted octanol–water partition coefficient (Wildman–Crippen LogP) is 8.40. The standard InChI is InChI=1S/C29H28F8O4/c1-2-11-26-15-38-28(40-26,39-16-26)21-10-5-18(22(30)14-21)4-3-17-12-23(31)25(24(32)13-17)19-6-8-20(9-7-19)27(33,34)41-29(35,36)37/h3-5,10,12-14,19-20H,2,6-9,11,15-16H2,1H3. The zero-order valence-corrected chi connectivity index (χ0v) is 22.0. The third-order valence-corrected chi connectivity index (χ3v) is 7.88. The van der Waals surface area contributed by atoms with Crippen molar-refractivity contribution in [1.82, 2.24) is 0 Å². The van der Waals surface area contributed by atoms with E-state index in [0.29, 0.717) is 18.8 Å². The largest absolute Gasteiger partial charge is 0.527 e. The van der Waals surface area contributed by atoms with Gasteiger partial charge in [0.2, 0.25) is 0 Å². The minimum Gasteiger partial charge on any atom is -0.320 e. The third-order valence-electron chi connectivity index (χ3n) is 7.88. The van der Waals surface area contributed by atoms with Gasteiger partial charge < -0.3 is 14.2 Å². The fourth-order valence-corrected chi connectivity index (χ4v) is 5.90. The van der Waals surface area contributed by atoms with Gasteiger partial charge in [0.1, 0.15) is 23.1 Å². The average Bonchev–Trinajstić information content (AvgIpc) is 3.44. The summed E-state index contributed by atoms with van der Waals surface area (Å²) < 4.78 is 130. The van der Waals surface area contributed by atoms with E-state index in [1.807, 2.05) is 6.92 Å². The quantitative estimate of drug-likeness (QED) is 0.228. The van der Waals surface area contributed by atoms with Crippen LogP contribution in [0.1, 0.15) is 73.6 Å². The van der Waals surface area contributed by atoms with Crippen molar-refractivity contribution in [1.29, 1.82) is 0 Å². The second-order valence-corrected chi connectivity index (χ2v) is 10.8. The van der Waals surface area contributed by atoms with Crippen LogP contribution in [0.15, 0.2) is 30.3 Å². The minimum atomic E-state index is -5.50. The highest BCUT2D eigenvalue weighted by molar-refractivity contribution is 5.70. The molecule has 1 aliphatic carbocycles. The Labute approximate surface area is 231 Å². The maximum atomic E-state index is 15.0. The monoisotopic (exact) mass is 592 g/mol. The second kappa shape index (κ2) is 10.9. The zero-order valence-electron chi connectivity index (χ0n) is 22.0. The maximum Gasteiger partial charge on any atom is 0.527 e. The minimum absolute atomic E-state index is 0.0931. The van der Waals surface area contributed by atoms with Crippen LogP contribution in [0.2, 0.25) is 0 Å². The Kier molecular flexibility index (Phi) is 7.99. The number of hydrogen-bond donors (Lipinski definition) is 0. The summed E-state index contributed by atoms with van der Waals surface area (Å²) in [4.78, 5) is 0. The SMILES string of the molecule is CCCC12COC(c3ccc(C=Cc4cc(F)c(C5CCC(C(F)(F)OC(F)(F)F)CC5)c(F)c4)c(F)c3)(OC1)O2. The van der Waals surface area contributed by atoms with E-state index in [1.54, 1.807) is 6.07 Å². The van der Waals surface area contributed by atoms with E-state index in [4.69, 9.17) is 14.2 Å². The molecule has 2 saturated heterocycles. The molecule has 12 heteroatoms. The Morgan fingerprint density at radius 3 is 2.07 bits per heavy atom. The van der Waals surface area contributed by atoms with Crippen LogP contribution in [-0.2, 0) is 24.9 Å². The smallest absolute Gasteiger partial charge is 0.320 e. The molecule has 0 atom stereocenters. The van der Waals surface area contributed by atoms with E-state index < -0.39 is 66.2 Å². The lowest BCUT2D eigenvalue weighted by molar-refractivity contribution is -0.438. The second-order valence-electron chi connectivity index (χ2n) is 10.8. The first kappa shape index (κ1) is 29.9. The van der Waals surface area contributed by atoms with Gasteiger partial charge in [0.25, 0.3) is 0 Å². The number of alkyl halides is 5. The Morgan fingerprint density at radius 2 is 1.51 bits per heavy atom. The van der Waals surface area contributed by atoms with E-state index in [9.17, 15) is 35.1 Å². The Hall–Kier alpha value is -2.54.